The highest BCUT2D eigenvalue weighted by atomic mass is 35.5. The van der Waals surface area contributed by atoms with Gasteiger partial charge in [-0.2, -0.15) is 0 Å². The smallest absolute Gasteiger partial charge is 0.169 e. The average Bonchev–Trinajstić information content (AvgIpc) is 2.38. The molecule has 0 saturated carbocycles. The monoisotopic (exact) mass is 283 g/mol. The fraction of sp³-hybridized carbons (Fsp3) is 0.154. The molecule has 0 fully saturated rings. The molecule has 100 valence electrons. The molecule has 0 aliphatic carbocycles. The van der Waals surface area contributed by atoms with Crippen molar-refractivity contribution >= 4 is 28.9 Å². The van der Waals surface area contributed by atoms with Crippen LogP contribution in [0.25, 0.3) is 0 Å². The topological polar surface area (TPSA) is 37.0 Å². The van der Waals surface area contributed by atoms with Gasteiger partial charge in [0.2, 0.25) is 0 Å². The fourth-order valence-electron chi connectivity index (χ4n) is 1.54. The van der Waals surface area contributed by atoms with Gasteiger partial charge in [0.25, 0.3) is 0 Å². The summed E-state index contributed by atoms with van der Waals surface area (Å²) >= 11 is 5.96. The number of aromatic nitrogens is 1. The summed E-state index contributed by atoms with van der Waals surface area (Å²) in [5.41, 5.74) is 0.504. The van der Waals surface area contributed by atoms with Gasteiger partial charge in [0.05, 0.1) is 10.7 Å². The predicted octanol–water partition coefficient (Wildman–Crippen LogP) is 4.19. The molecule has 1 aromatic carbocycles. The first-order valence-corrected chi connectivity index (χ1v) is 6.11. The Balaban J connectivity index is 2.34. The lowest BCUT2D eigenvalue weighted by Crippen LogP contribution is -2.06. The van der Waals surface area contributed by atoms with Crippen molar-refractivity contribution in [3.63, 3.8) is 0 Å². The lowest BCUT2D eigenvalue weighted by molar-refractivity contribution is 0.579. The van der Waals surface area contributed by atoms with E-state index < -0.39 is 11.6 Å². The summed E-state index contributed by atoms with van der Waals surface area (Å²) in [5.74, 6) is -1.59. The summed E-state index contributed by atoms with van der Waals surface area (Å²) < 4.78 is 27.1. The quantitative estimate of drug-likeness (QED) is 0.883. The summed E-state index contributed by atoms with van der Waals surface area (Å²) in [6, 6.07) is 7.63. The second kappa shape index (κ2) is 5.84. The molecule has 0 amide bonds. The van der Waals surface area contributed by atoms with E-state index >= 15 is 0 Å². The molecule has 0 aliphatic heterocycles. The lowest BCUT2D eigenvalue weighted by atomic mass is 10.3. The highest BCUT2D eigenvalue weighted by Crippen LogP contribution is 2.27. The molecule has 6 heteroatoms. The zero-order valence-corrected chi connectivity index (χ0v) is 10.9. The minimum absolute atomic E-state index is 0.00143. The van der Waals surface area contributed by atoms with Crippen LogP contribution in [0, 0.1) is 11.6 Å². The highest BCUT2D eigenvalue weighted by Gasteiger charge is 2.12. The van der Waals surface area contributed by atoms with Crippen LogP contribution in [0.15, 0.2) is 30.3 Å². The van der Waals surface area contributed by atoms with Gasteiger partial charge in [0.15, 0.2) is 23.3 Å². The molecule has 0 unspecified atom stereocenters. The average molecular weight is 284 g/mol. The molecule has 2 aromatic rings. The minimum Gasteiger partial charge on any atom is -0.368 e. The van der Waals surface area contributed by atoms with Gasteiger partial charge in [0, 0.05) is 12.6 Å². The normalized spacial score (nSPS) is 10.3. The number of pyridine rings is 1. The van der Waals surface area contributed by atoms with Crippen LogP contribution in [0.1, 0.15) is 6.92 Å². The molecule has 0 saturated heterocycles. The van der Waals surface area contributed by atoms with Crippen molar-refractivity contribution < 1.29 is 8.78 Å². The maximum atomic E-state index is 13.7. The second-order valence-electron chi connectivity index (χ2n) is 3.78. The Morgan fingerprint density at radius 3 is 2.53 bits per heavy atom. The van der Waals surface area contributed by atoms with Crippen LogP contribution in [-0.4, -0.2) is 11.5 Å². The lowest BCUT2D eigenvalue weighted by Gasteiger charge is -2.11. The zero-order valence-electron chi connectivity index (χ0n) is 10.2. The summed E-state index contributed by atoms with van der Waals surface area (Å²) in [6.45, 7) is 2.28. The van der Waals surface area contributed by atoms with Gasteiger partial charge in [-0.1, -0.05) is 23.7 Å². The maximum Gasteiger partial charge on any atom is 0.169 e. The van der Waals surface area contributed by atoms with E-state index in [1.807, 2.05) is 0 Å². The largest absolute Gasteiger partial charge is 0.368 e. The van der Waals surface area contributed by atoms with E-state index in [0.29, 0.717) is 17.3 Å². The first-order valence-electron chi connectivity index (χ1n) is 5.73. The van der Waals surface area contributed by atoms with Crippen LogP contribution in [0.4, 0.5) is 26.1 Å². The number of nitrogens with one attached hydrogen (secondary N) is 2. The molecular weight excluding hydrogens is 272 g/mol. The first kappa shape index (κ1) is 13.5. The highest BCUT2D eigenvalue weighted by molar-refractivity contribution is 6.33. The molecule has 2 rings (SSSR count). The van der Waals surface area contributed by atoms with Crippen molar-refractivity contribution in [1.29, 1.82) is 0 Å². The number of halogens is 3. The number of hydrogen-bond acceptors (Lipinski definition) is 3. The van der Waals surface area contributed by atoms with E-state index in [-0.39, 0.29) is 11.6 Å². The number of hydrogen-bond donors (Lipinski definition) is 2. The summed E-state index contributed by atoms with van der Waals surface area (Å²) in [7, 11) is 0. The standard InChI is InChI=1S/C13H12ClF2N3/c1-2-17-12-9(15)7-10(16)13(19-12)18-11-6-4-3-5-8(11)14/h3-7H,2H2,1H3,(H2,17,18,19). The third-order valence-electron chi connectivity index (χ3n) is 2.40. The number of rotatable bonds is 4. The van der Waals surface area contributed by atoms with Crippen LogP contribution < -0.4 is 10.6 Å². The Hall–Kier alpha value is -1.88. The van der Waals surface area contributed by atoms with E-state index in [2.05, 4.69) is 15.6 Å². The number of nitrogens with zero attached hydrogens (tertiary/aromatic N) is 1. The van der Waals surface area contributed by atoms with Gasteiger partial charge in [-0.3, -0.25) is 0 Å². The van der Waals surface area contributed by atoms with Gasteiger partial charge in [-0.25, -0.2) is 13.8 Å². The van der Waals surface area contributed by atoms with Gasteiger partial charge >= 0.3 is 0 Å². The number of anilines is 3. The molecule has 19 heavy (non-hydrogen) atoms. The van der Waals surface area contributed by atoms with Gasteiger partial charge < -0.3 is 10.6 Å². The number of benzene rings is 1. The Bertz CT molecular complexity index is 590. The van der Waals surface area contributed by atoms with Crippen LogP contribution >= 0.6 is 11.6 Å². The van der Waals surface area contributed by atoms with E-state index in [4.69, 9.17) is 11.6 Å². The second-order valence-corrected chi connectivity index (χ2v) is 4.19. The van der Waals surface area contributed by atoms with Crippen LogP contribution in [0.5, 0.6) is 0 Å². The van der Waals surface area contributed by atoms with Crippen molar-refractivity contribution in [3.05, 3.63) is 47.0 Å². The SMILES string of the molecule is CCNc1nc(Nc2ccccc2Cl)c(F)cc1F. The van der Waals surface area contributed by atoms with E-state index in [9.17, 15) is 8.78 Å². The van der Waals surface area contributed by atoms with Crippen molar-refractivity contribution in [1.82, 2.24) is 4.98 Å². The van der Waals surface area contributed by atoms with Crippen molar-refractivity contribution in [2.45, 2.75) is 6.92 Å². The molecule has 3 nitrogen and oxygen atoms in total. The molecule has 1 aromatic heterocycles. The third kappa shape index (κ3) is 3.12. The maximum absolute atomic E-state index is 13.7. The molecule has 1 heterocycles. The molecule has 0 atom stereocenters. The molecular formula is C13H12ClF2N3. The Morgan fingerprint density at radius 2 is 1.84 bits per heavy atom. The zero-order chi connectivity index (χ0) is 13.8. The van der Waals surface area contributed by atoms with Crippen molar-refractivity contribution in [2.24, 2.45) is 0 Å². The molecule has 0 spiro atoms. The summed E-state index contributed by atoms with van der Waals surface area (Å²) in [5, 5.41) is 5.89. The van der Waals surface area contributed by atoms with Crippen molar-refractivity contribution in [3.8, 4) is 0 Å². The molecule has 0 radical (unpaired) electrons. The Morgan fingerprint density at radius 1 is 1.16 bits per heavy atom. The van der Waals surface area contributed by atoms with Crippen LogP contribution in [0.2, 0.25) is 5.02 Å². The van der Waals surface area contributed by atoms with E-state index in [1.54, 1.807) is 31.2 Å². The molecule has 2 N–H and O–H groups in total. The van der Waals surface area contributed by atoms with Crippen LogP contribution in [-0.2, 0) is 0 Å². The fourth-order valence-corrected chi connectivity index (χ4v) is 1.72. The van der Waals surface area contributed by atoms with Crippen LogP contribution in [0.3, 0.4) is 0 Å². The first-order chi connectivity index (χ1) is 9.11. The molecule has 0 aliphatic rings. The van der Waals surface area contributed by atoms with Gasteiger partial charge in [-0.15, -0.1) is 0 Å². The third-order valence-corrected chi connectivity index (χ3v) is 2.73. The van der Waals surface area contributed by atoms with E-state index in [1.165, 1.54) is 0 Å². The summed E-state index contributed by atoms with van der Waals surface area (Å²) in [6.07, 6.45) is 0. The van der Waals surface area contributed by atoms with E-state index in [0.717, 1.165) is 6.07 Å². The Labute approximate surface area is 114 Å². The van der Waals surface area contributed by atoms with Gasteiger partial charge in [0.1, 0.15) is 0 Å². The molecule has 0 bridgehead atoms. The minimum atomic E-state index is -0.779. The van der Waals surface area contributed by atoms with Crippen molar-refractivity contribution in [2.75, 3.05) is 17.2 Å². The summed E-state index contributed by atoms with van der Waals surface area (Å²) in [4.78, 5) is 3.87. The Kier molecular flexibility index (Phi) is 4.16. The number of para-hydroxylation sites is 1. The van der Waals surface area contributed by atoms with Gasteiger partial charge in [-0.05, 0) is 19.1 Å². The predicted molar refractivity (Wildman–Crippen MR) is 73.1 cm³/mol.